The molecular formula is C67H116O6. The molecule has 1 atom stereocenters. The number of ether oxygens (including phenoxy) is 3. The second-order valence-electron chi connectivity index (χ2n) is 20.6. The van der Waals surface area contributed by atoms with Crippen molar-refractivity contribution >= 4 is 17.9 Å². The Balaban J connectivity index is 4.26. The molecule has 0 radical (unpaired) electrons. The average molecular weight is 1020 g/mol. The monoisotopic (exact) mass is 1020 g/mol. The highest BCUT2D eigenvalue weighted by Crippen LogP contribution is 2.17. The lowest BCUT2D eigenvalue weighted by Crippen LogP contribution is -2.30. The number of hydrogen-bond donors (Lipinski definition) is 0. The van der Waals surface area contributed by atoms with Gasteiger partial charge in [-0.2, -0.15) is 0 Å². The summed E-state index contributed by atoms with van der Waals surface area (Å²) in [5.41, 5.74) is 0. The van der Waals surface area contributed by atoms with Crippen molar-refractivity contribution < 1.29 is 28.6 Å². The minimum atomic E-state index is -0.814. The van der Waals surface area contributed by atoms with E-state index in [0.29, 0.717) is 19.3 Å². The number of carbonyl (C=O) groups excluding carboxylic acids is 3. The highest BCUT2D eigenvalue weighted by molar-refractivity contribution is 5.71. The van der Waals surface area contributed by atoms with Crippen LogP contribution < -0.4 is 0 Å². The largest absolute Gasteiger partial charge is 0.462 e. The van der Waals surface area contributed by atoms with Crippen LogP contribution in [0.1, 0.15) is 303 Å². The fourth-order valence-electron chi connectivity index (χ4n) is 8.83. The van der Waals surface area contributed by atoms with Gasteiger partial charge in [0, 0.05) is 19.3 Å². The van der Waals surface area contributed by atoms with E-state index in [4.69, 9.17) is 14.2 Å². The number of hydrogen-bond acceptors (Lipinski definition) is 6. The van der Waals surface area contributed by atoms with E-state index >= 15 is 0 Å². The lowest BCUT2D eigenvalue weighted by Gasteiger charge is -2.18. The van der Waals surface area contributed by atoms with Crippen LogP contribution in [0.3, 0.4) is 0 Å². The molecule has 0 rings (SSSR count). The van der Waals surface area contributed by atoms with Crippen molar-refractivity contribution in [2.24, 2.45) is 0 Å². The molecule has 6 heteroatoms. The van der Waals surface area contributed by atoms with Gasteiger partial charge in [0.25, 0.3) is 0 Å². The zero-order valence-electron chi connectivity index (χ0n) is 48.1. The van der Waals surface area contributed by atoms with Gasteiger partial charge in [-0.15, -0.1) is 0 Å². The molecule has 0 spiro atoms. The number of rotatable bonds is 56. The lowest BCUT2D eigenvalue weighted by molar-refractivity contribution is -0.166. The predicted octanol–water partition coefficient (Wildman–Crippen LogP) is 21.1. The molecule has 6 nitrogen and oxygen atoms in total. The van der Waals surface area contributed by atoms with Gasteiger partial charge in [-0.25, -0.2) is 0 Å². The smallest absolute Gasteiger partial charge is 0.306 e. The fourth-order valence-corrected chi connectivity index (χ4v) is 8.83. The van der Waals surface area contributed by atoms with Gasteiger partial charge in [0.05, 0.1) is 0 Å². The zero-order valence-corrected chi connectivity index (χ0v) is 48.1. The third kappa shape index (κ3) is 59.3. The molecule has 0 saturated heterocycles. The van der Waals surface area contributed by atoms with Crippen LogP contribution in [0, 0.1) is 0 Å². The Bertz CT molecular complexity index is 1400. The normalized spacial score (nSPS) is 12.6. The first-order valence-electron chi connectivity index (χ1n) is 31.1. The van der Waals surface area contributed by atoms with Crippen LogP contribution in [0.2, 0.25) is 0 Å². The quantitative estimate of drug-likeness (QED) is 0.0261. The van der Waals surface area contributed by atoms with E-state index in [1.165, 1.54) is 154 Å². The maximum Gasteiger partial charge on any atom is 0.306 e. The zero-order chi connectivity index (χ0) is 52.9. The molecule has 0 heterocycles. The Morgan fingerprint density at radius 2 is 0.562 bits per heavy atom. The first-order chi connectivity index (χ1) is 36.0. The van der Waals surface area contributed by atoms with Gasteiger partial charge >= 0.3 is 17.9 Å². The minimum Gasteiger partial charge on any atom is -0.462 e. The Kier molecular flexibility index (Phi) is 58.3. The molecule has 0 saturated carbocycles. The van der Waals surface area contributed by atoms with Crippen LogP contribution in [0.5, 0.6) is 0 Å². The number of carbonyl (C=O) groups is 3. The van der Waals surface area contributed by atoms with E-state index in [-0.39, 0.29) is 37.5 Å². The summed E-state index contributed by atoms with van der Waals surface area (Å²) in [6.07, 6.45) is 80.5. The van der Waals surface area contributed by atoms with Gasteiger partial charge < -0.3 is 14.2 Å². The topological polar surface area (TPSA) is 78.9 Å². The van der Waals surface area contributed by atoms with E-state index in [0.717, 1.165) is 103 Å². The van der Waals surface area contributed by atoms with Crippen LogP contribution in [-0.4, -0.2) is 37.2 Å². The highest BCUT2D eigenvalue weighted by Gasteiger charge is 2.19. The van der Waals surface area contributed by atoms with Crippen molar-refractivity contribution in [3.05, 3.63) is 85.1 Å². The van der Waals surface area contributed by atoms with E-state index in [9.17, 15) is 14.4 Å². The van der Waals surface area contributed by atoms with Gasteiger partial charge in [-0.3, -0.25) is 14.4 Å². The van der Waals surface area contributed by atoms with Crippen molar-refractivity contribution in [3.63, 3.8) is 0 Å². The van der Waals surface area contributed by atoms with E-state index in [1.54, 1.807) is 0 Å². The van der Waals surface area contributed by atoms with Gasteiger partial charge in [-0.05, 0) is 77.0 Å². The first kappa shape index (κ1) is 69.6. The van der Waals surface area contributed by atoms with Crippen molar-refractivity contribution in [1.82, 2.24) is 0 Å². The highest BCUT2D eigenvalue weighted by atomic mass is 16.6. The van der Waals surface area contributed by atoms with Crippen molar-refractivity contribution in [1.29, 1.82) is 0 Å². The molecule has 0 fully saturated rings. The second kappa shape index (κ2) is 61.1. The lowest BCUT2D eigenvalue weighted by atomic mass is 10.0. The second-order valence-corrected chi connectivity index (χ2v) is 20.6. The first-order valence-corrected chi connectivity index (χ1v) is 31.1. The van der Waals surface area contributed by atoms with Crippen LogP contribution >= 0.6 is 0 Å². The van der Waals surface area contributed by atoms with Gasteiger partial charge in [0.2, 0.25) is 0 Å². The molecule has 420 valence electrons. The summed E-state index contributed by atoms with van der Waals surface area (Å²) < 4.78 is 16.8. The number of allylic oxidation sites excluding steroid dienone is 14. The third-order valence-electron chi connectivity index (χ3n) is 13.4. The van der Waals surface area contributed by atoms with Crippen molar-refractivity contribution in [2.45, 2.75) is 309 Å². The summed E-state index contributed by atoms with van der Waals surface area (Å²) in [6, 6.07) is 0. The Morgan fingerprint density at radius 3 is 0.918 bits per heavy atom. The number of esters is 3. The fraction of sp³-hybridized carbons (Fsp3) is 0.746. The minimum absolute atomic E-state index is 0.104. The summed E-state index contributed by atoms with van der Waals surface area (Å²) in [5.74, 6) is -0.997. The molecule has 0 aliphatic rings. The summed E-state index contributed by atoms with van der Waals surface area (Å²) in [4.78, 5) is 38.1. The molecule has 0 aromatic rings. The maximum atomic E-state index is 12.8. The molecule has 73 heavy (non-hydrogen) atoms. The molecule has 0 aliphatic carbocycles. The Hall–Kier alpha value is -3.41. The van der Waals surface area contributed by atoms with E-state index in [1.807, 2.05) is 6.08 Å². The Morgan fingerprint density at radius 1 is 0.288 bits per heavy atom. The molecular weight excluding hydrogens is 901 g/mol. The van der Waals surface area contributed by atoms with E-state index < -0.39 is 6.10 Å². The standard InChI is InChI=1S/C67H116O6/c1-4-7-10-13-16-19-22-25-27-28-29-30-31-32-33-34-35-36-37-38-40-42-45-48-51-54-57-60-66(69)72-63-64(62-71-65(68)59-56-53-50-47-44-41-24-21-18-15-12-9-6-3)73-67(70)61-58-55-52-49-46-43-39-26-23-20-17-14-11-8-5-2/h8-9,11-12,17-18,20-21,26,39,41,44,50,53,64H,4-7,10,13-16,19,22-25,27-38,40,42-43,45-49,51-52,54-63H2,1-3H3/b11-8-,12-9-,20-17-,21-18-,39-26-,44-41-,53-50-. The molecule has 0 amide bonds. The van der Waals surface area contributed by atoms with Crippen LogP contribution in [-0.2, 0) is 28.6 Å². The SMILES string of the molecule is CC/C=C\C/C=C\C/C=C\C/C=C\CCC(=O)OCC(COC(=O)CCCCCCCCCCCCCCCCCCCCCCCCCCCCC)OC(=O)CCCCCCC/C=C\C/C=C\C/C=C\CC. The molecule has 1 unspecified atom stereocenters. The van der Waals surface area contributed by atoms with Gasteiger partial charge in [-0.1, -0.05) is 292 Å². The van der Waals surface area contributed by atoms with Gasteiger partial charge in [0.15, 0.2) is 6.10 Å². The Labute approximate surface area is 452 Å². The van der Waals surface area contributed by atoms with Crippen LogP contribution in [0.4, 0.5) is 0 Å². The van der Waals surface area contributed by atoms with Crippen LogP contribution in [0.25, 0.3) is 0 Å². The van der Waals surface area contributed by atoms with Crippen molar-refractivity contribution in [3.8, 4) is 0 Å². The molecule has 0 N–H and O–H groups in total. The summed E-state index contributed by atoms with van der Waals surface area (Å²) >= 11 is 0. The predicted molar refractivity (Wildman–Crippen MR) is 316 cm³/mol. The van der Waals surface area contributed by atoms with Crippen LogP contribution in [0.15, 0.2) is 85.1 Å². The molecule has 0 aromatic heterocycles. The van der Waals surface area contributed by atoms with E-state index in [2.05, 4.69) is 99.8 Å². The molecule has 0 aliphatic heterocycles. The maximum absolute atomic E-state index is 12.8. The molecule has 0 aromatic carbocycles. The third-order valence-corrected chi connectivity index (χ3v) is 13.4. The summed E-state index contributed by atoms with van der Waals surface area (Å²) in [6.45, 7) is 6.36. The molecule has 0 bridgehead atoms. The van der Waals surface area contributed by atoms with Crippen molar-refractivity contribution in [2.75, 3.05) is 13.2 Å². The average Bonchev–Trinajstić information content (AvgIpc) is 3.39. The summed E-state index contributed by atoms with van der Waals surface area (Å²) in [7, 11) is 0. The number of unbranched alkanes of at least 4 members (excludes halogenated alkanes) is 31. The van der Waals surface area contributed by atoms with Gasteiger partial charge in [0.1, 0.15) is 13.2 Å². The summed E-state index contributed by atoms with van der Waals surface area (Å²) in [5, 5.41) is 0.